The topological polar surface area (TPSA) is 24.1 Å². The Morgan fingerprint density at radius 3 is 1.29 bits per heavy atom. The van der Waals surface area contributed by atoms with Crippen LogP contribution < -0.4 is 62.0 Å². The Balaban J connectivity index is 0. The normalized spacial score (nSPS) is 20.6. The van der Waals surface area contributed by atoms with Gasteiger partial charge in [0.25, 0.3) is 0 Å². The molecule has 38 valence electrons. The molecule has 1 heterocycles. The van der Waals surface area contributed by atoms with Crippen molar-refractivity contribution in [2.75, 3.05) is 26.2 Å². The zero-order valence-corrected chi connectivity index (χ0v) is 7.95. The molecule has 2 nitrogen and oxygen atoms in total. The van der Waals surface area contributed by atoms with E-state index in [0.717, 1.165) is 26.2 Å². The first-order valence-corrected chi connectivity index (χ1v) is 2.41. The standard InChI is InChI=1S/C4H10N2.K.H/c1-2-6-4-3-5-1;;/h5-6H,1-4H2;;/q;+1;-1. The number of hydrogen-bond acceptors (Lipinski definition) is 2. The van der Waals surface area contributed by atoms with Crippen LogP contribution in [0.25, 0.3) is 0 Å². The fraction of sp³-hybridized carbons (Fsp3) is 1.00. The fourth-order valence-corrected chi connectivity index (χ4v) is 0.604. The summed E-state index contributed by atoms with van der Waals surface area (Å²) in [7, 11) is 0. The minimum atomic E-state index is 0. The summed E-state index contributed by atoms with van der Waals surface area (Å²) in [6.07, 6.45) is 0. The summed E-state index contributed by atoms with van der Waals surface area (Å²) in [5.74, 6) is 0. The van der Waals surface area contributed by atoms with Gasteiger partial charge in [0, 0.05) is 26.2 Å². The van der Waals surface area contributed by atoms with Gasteiger partial charge in [-0.25, -0.2) is 0 Å². The predicted molar refractivity (Wildman–Crippen MR) is 26.9 cm³/mol. The second kappa shape index (κ2) is 5.69. The van der Waals surface area contributed by atoms with Crippen LogP contribution in [-0.4, -0.2) is 26.2 Å². The monoisotopic (exact) mass is 126 g/mol. The second-order valence-electron chi connectivity index (χ2n) is 1.50. The van der Waals surface area contributed by atoms with E-state index in [9.17, 15) is 0 Å². The minimum absolute atomic E-state index is 0. The zero-order chi connectivity index (χ0) is 4.24. The second-order valence-corrected chi connectivity index (χ2v) is 1.50. The number of piperazine rings is 1. The predicted octanol–water partition coefficient (Wildman–Crippen LogP) is -3.70. The molecule has 1 rings (SSSR count). The molecule has 0 aliphatic carbocycles. The van der Waals surface area contributed by atoms with Gasteiger partial charge < -0.3 is 12.1 Å². The van der Waals surface area contributed by atoms with Crippen molar-refractivity contribution in [3.63, 3.8) is 0 Å². The number of nitrogens with one attached hydrogen (secondary N) is 2. The van der Waals surface area contributed by atoms with E-state index in [1.807, 2.05) is 0 Å². The quantitative estimate of drug-likeness (QED) is 0.326. The molecule has 0 radical (unpaired) electrons. The minimum Gasteiger partial charge on any atom is -1.00 e. The van der Waals surface area contributed by atoms with Crippen LogP contribution in [0.2, 0.25) is 0 Å². The van der Waals surface area contributed by atoms with E-state index in [-0.39, 0.29) is 52.8 Å². The molecular formula is C4H11KN2. The first-order chi connectivity index (χ1) is 3.00. The van der Waals surface area contributed by atoms with Crippen LogP contribution in [0.3, 0.4) is 0 Å². The van der Waals surface area contributed by atoms with Crippen molar-refractivity contribution in [2.45, 2.75) is 0 Å². The van der Waals surface area contributed by atoms with Crippen molar-refractivity contribution in [3.8, 4) is 0 Å². The molecule has 1 fully saturated rings. The Hall–Kier alpha value is 1.56. The van der Waals surface area contributed by atoms with Crippen LogP contribution in [0.15, 0.2) is 0 Å². The van der Waals surface area contributed by atoms with Gasteiger partial charge in [0.1, 0.15) is 0 Å². The molecule has 0 spiro atoms. The van der Waals surface area contributed by atoms with E-state index in [0.29, 0.717) is 0 Å². The van der Waals surface area contributed by atoms with Crippen molar-refractivity contribution < 1.29 is 52.8 Å². The average Bonchev–Trinajstić information content (AvgIpc) is 1.72. The van der Waals surface area contributed by atoms with Crippen LogP contribution >= 0.6 is 0 Å². The van der Waals surface area contributed by atoms with Crippen LogP contribution in [0.1, 0.15) is 1.43 Å². The summed E-state index contributed by atoms with van der Waals surface area (Å²) in [4.78, 5) is 0. The SMILES string of the molecule is C1CNCCN1.[H-].[K+]. The van der Waals surface area contributed by atoms with E-state index >= 15 is 0 Å². The maximum atomic E-state index is 3.22. The van der Waals surface area contributed by atoms with Crippen LogP contribution in [-0.2, 0) is 0 Å². The smallest absolute Gasteiger partial charge is 1.00 e. The number of rotatable bonds is 0. The molecule has 0 amide bonds. The van der Waals surface area contributed by atoms with Gasteiger partial charge in [-0.05, 0) is 0 Å². The first kappa shape index (κ1) is 8.56. The summed E-state index contributed by atoms with van der Waals surface area (Å²) in [6.45, 7) is 4.56. The molecule has 0 unspecified atom stereocenters. The third kappa shape index (κ3) is 4.09. The molecular weight excluding hydrogens is 115 g/mol. The Kier molecular flexibility index (Phi) is 6.95. The van der Waals surface area contributed by atoms with Gasteiger partial charge in [-0.15, -0.1) is 0 Å². The first-order valence-electron chi connectivity index (χ1n) is 2.41. The third-order valence-corrected chi connectivity index (χ3v) is 0.957. The van der Waals surface area contributed by atoms with E-state index in [2.05, 4.69) is 10.6 Å². The molecule has 7 heavy (non-hydrogen) atoms. The molecule has 1 aliphatic heterocycles. The molecule has 0 saturated carbocycles. The Labute approximate surface area is 88.3 Å². The Morgan fingerprint density at radius 2 is 1.14 bits per heavy atom. The van der Waals surface area contributed by atoms with Crippen molar-refractivity contribution >= 4 is 0 Å². The van der Waals surface area contributed by atoms with E-state index in [1.165, 1.54) is 0 Å². The summed E-state index contributed by atoms with van der Waals surface area (Å²) in [5, 5.41) is 6.44. The molecule has 0 aromatic heterocycles. The summed E-state index contributed by atoms with van der Waals surface area (Å²) in [5.41, 5.74) is 0. The van der Waals surface area contributed by atoms with E-state index < -0.39 is 0 Å². The zero-order valence-electron chi connectivity index (χ0n) is 5.83. The van der Waals surface area contributed by atoms with Crippen molar-refractivity contribution in [1.29, 1.82) is 0 Å². The van der Waals surface area contributed by atoms with Gasteiger partial charge in [-0.2, -0.15) is 0 Å². The molecule has 2 N–H and O–H groups in total. The Morgan fingerprint density at radius 1 is 0.857 bits per heavy atom. The van der Waals surface area contributed by atoms with Gasteiger partial charge in [-0.3, -0.25) is 0 Å². The molecule has 1 saturated heterocycles. The molecule has 1 aliphatic rings. The van der Waals surface area contributed by atoms with Gasteiger partial charge in [-0.1, -0.05) is 0 Å². The van der Waals surface area contributed by atoms with E-state index in [1.54, 1.807) is 0 Å². The van der Waals surface area contributed by atoms with Gasteiger partial charge in [0.05, 0.1) is 0 Å². The summed E-state index contributed by atoms with van der Waals surface area (Å²) < 4.78 is 0. The molecule has 0 aromatic rings. The van der Waals surface area contributed by atoms with Gasteiger partial charge in [0.15, 0.2) is 0 Å². The fourth-order valence-electron chi connectivity index (χ4n) is 0.604. The van der Waals surface area contributed by atoms with Crippen molar-refractivity contribution in [2.24, 2.45) is 0 Å². The van der Waals surface area contributed by atoms with Gasteiger partial charge in [0.2, 0.25) is 0 Å². The maximum Gasteiger partial charge on any atom is 1.00 e. The number of hydrogen-bond donors (Lipinski definition) is 2. The van der Waals surface area contributed by atoms with E-state index in [4.69, 9.17) is 0 Å². The van der Waals surface area contributed by atoms with Crippen LogP contribution in [0.4, 0.5) is 0 Å². The van der Waals surface area contributed by atoms with Gasteiger partial charge >= 0.3 is 51.4 Å². The van der Waals surface area contributed by atoms with Crippen molar-refractivity contribution in [3.05, 3.63) is 0 Å². The summed E-state index contributed by atoms with van der Waals surface area (Å²) >= 11 is 0. The molecule has 3 heteroatoms. The average molecular weight is 126 g/mol. The largest absolute Gasteiger partial charge is 1.00 e. The maximum absolute atomic E-state index is 3.22. The van der Waals surface area contributed by atoms with Crippen LogP contribution in [0.5, 0.6) is 0 Å². The van der Waals surface area contributed by atoms with Crippen molar-refractivity contribution in [1.82, 2.24) is 10.6 Å². The third-order valence-electron chi connectivity index (χ3n) is 0.957. The Bertz CT molecular complexity index is 29.5. The molecule has 0 atom stereocenters. The molecule has 0 bridgehead atoms. The summed E-state index contributed by atoms with van der Waals surface area (Å²) in [6, 6.07) is 0. The molecule has 0 aromatic carbocycles. The van der Waals surface area contributed by atoms with Crippen LogP contribution in [0, 0.1) is 0 Å².